The molecule has 0 amide bonds. The summed E-state index contributed by atoms with van der Waals surface area (Å²) in [6, 6.07) is 0.770. The summed E-state index contributed by atoms with van der Waals surface area (Å²) in [4.78, 5) is 0. The van der Waals surface area contributed by atoms with E-state index in [2.05, 4.69) is 19.2 Å². The molecule has 1 N–H and O–H groups in total. The van der Waals surface area contributed by atoms with Crippen molar-refractivity contribution in [3.8, 4) is 0 Å². The van der Waals surface area contributed by atoms with Gasteiger partial charge in [0.2, 0.25) is 0 Å². The van der Waals surface area contributed by atoms with Crippen LogP contribution in [-0.4, -0.2) is 26.3 Å². The third kappa shape index (κ3) is 3.58. The summed E-state index contributed by atoms with van der Waals surface area (Å²) in [6.45, 7) is 6.82. The minimum Gasteiger partial charge on any atom is -0.385 e. The lowest BCUT2D eigenvalue weighted by atomic mass is 9.84. The van der Waals surface area contributed by atoms with Crippen molar-refractivity contribution in [3.63, 3.8) is 0 Å². The minimum atomic E-state index is 0.770. The van der Waals surface area contributed by atoms with Gasteiger partial charge in [-0.1, -0.05) is 13.8 Å². The van der Waals surface area contributed by atoms with Gasteiger partial charge in [-0.15, -0.1) is 0 Å². The number of hydrogen-bond donors (Lipinski definition) is 1. The average molecular weight is 199 g/mol. The Kier molecular flexibility index (Phi) is 5.49. The van der Waals surface area contributed by atoms with Gasteiger partial charge in [0.05, 0.1) is 0 Å². The molecule has 0 spiro atoms. The van der Waals surface area contributed by atoms with E-state index in [0.29, 0.717) is 0 Å². The Morgan fingerprint density at radius 3 is 2.71 bits per heavy atom. The quantitative estimate of drug-likeness (QED) is 0.663. The topological polar surface area (TPSA) is 21.3 Å². The molecule has 2 atom stereocenters. The first-order chi connectivity index (χ1) is 6.75. The molecule has 84 valence electrons. The first kappa shape index (κ1) is 12.0. The predicted molar refractivity (Wildman–Crippen MR) is 60.5 cm³/mol. The fraction of sp³-hybridized carbons (Fsp3) is 1.00. The highest BCUT2D eigenvalue weighted by Crippen LogP contribution is 2.26. The summed E-state index contributed by atoms with van der Waals surface area (Å²) in [5, 5.41) is 3.62. The Hall–Kier alpha value is -0.0800. The number of ether oxygens (including phenoxy) is 1. The highest BCUT2D eigenvalue weighted by Gasteiger charge is 2.26. The summed E-state index contributed by atoms with van der Waals surface area (Å²) < 4.78 is 5.11. The number of methoxy groups -OCH3 is 1. The van der Waals surface area contributed by atoms with Gasteiger partial charge in [-0.25, -0.2) is 0 Å². The molecule has 0 aliphatic carbocycles. The molecule has 0 radical (unpaired) electrons. The van der Waals surface area contributed by atoms with Crippen molar-refractivity contribution in [1.82, 2.24) is 5.32 Å². The van der Waals surface area contributed by atoms with Crippen molar-refractivity contribution in [2.75, 3.05) is 20.3 Å². The van der Waals surface area contributed by atoms with Crippen LogP contribution in [-0.2, 0) is 4.74 Å². The van der Waals surface area contributed by atoms with E-state index in [1.807, 2.05) is 0 Å². The summed E-state index contributed by atoms with van der Waals surface area (Å²) >= 11 is 0. The third-order valence-corrected chi connectivity index (χ3v) is 3.36. The van der Waals surface area contributed by atoms with Gasteiger partial charge >= 0.3 is 0 Å². The van der Waals surface area contributed by atoms with Crippen LogP contribution < -0.4 is 5.32 Å². The molecule has 1 rings (SSSR count). The van der Waals surface area contributed by atoms with Gasteiger partial charge in [-0.05, 0) is 44.1 Å². The normalized spacial score (nSPS) is 24.4. The second-order valence-corrected chi connectivity index (χ2v) is 4.75. The van der Waals surface area contributed by atoms with Crippen LogP contribution in [0, 0.1) is 11.8 Å². The highest BCUT2D eigenvalue weighted by molar-refractivity contribution is 4.83. The van der Waals surface area contributed by atoms with Gasteiger partial charge < -0.3 is 10.1 Å². The van der Waals surface area contributed by atoms with Crippen LogP contribution in [0.25, 0.3) is 0 Å². The lowest BCUT2D eigenvalue weighted by molar-refractivity contribution is 0.174. The van der Waals surface area contributed by atoms with Crippen molar-refractivity contribution < 1.29 is 4.74 Å². The fourth-order valence-corrected chi connectivity index (χ4v) is 2.54. The second-order valence-electron chi connectivity index (χ2n) is 4.75. The number of hydrogen-bond acceptors (Lipinski definition) is 2. The molecule has 2 unspecified atom stereocenters. The van der Waals surface area contributed by atoms with Gasteiger partial charge in [-0.3, -0.25) is 0 Å². The zero-order valence-corrected chi connectivity index (χ0v) is 9.88. The van der Waals surface area contributed by atoms with E-state index in [9.17, 15) is 0 Å². The van der Waals surface area contributed by atoms with Crippen LogP contribution in [0.4, 0.5) is 0 Å². The van der Waals surface area contributed by atoms with Crippen LogP contribution >= 0.6 is 0 Å². The maximum Gasteiger partial charge on any atom is 0.0462 e. The SMILES string of the molecule is COCCCC(C(C)C)C1CCCN1. The van der Waals surface area contributed by atoms with E-state index in [1.54, 1.807) is 7.11 Å². The molecule has 1 aliphatic rings. The summed E-state index contributed by atoms with van der Waals surface area (Å²) in [5.41, 5.74) is 0. The first-order valence-electron chi connectivity index (χ1n) is 5.98. The van der Waals surface area contributed by atoms with Crippen molar-refractivity contribution in [2.24, 2.45) is 11.8 Å². The molecule has 2 heteroatoms. The van der Waals surface area contributed by atoms with Crippen molar-refractivity contribution in [3.05, 3.63) is 0 Å². The predicted octanol–water partition coefficient (Wildman–Crippen LogP) is 2.44. The van der Waals surface area contributed by atoms with Gasteiger partial charge in [0.25, 0.3) is 0 Å². The maximum absolute atomic E-state index is 5.11. The van der Waals surface area contributed by atoms with Gasteiger partial charge in [0.15, 0.2) is 0 Å². The highest BCUT2D eigenvalue weighted by atomic mass is 16.5. The van der Waals surface area contributed by atoms with Crippen LogP contribution in [0.15, 0.2) is 0 Å². The smallest absolute Gasteiger partial charge is 0.0462 e. The molecule has 14 heavy (non-hydrogen) atoms. The molecule has 2 nitrogen and oxygen atoms in total. The van der Waals surface area contributed by atoms with Crippen LogP contribution in [0.3, 0.4) is 0 Å². The number of rotatable bonds is 6. The number of nitrogens with one attached hydrogen (secondary N) is 1. The van der Waals surface area contributed by atoms with Gasteiger partial charge in [-0.2, -0.15) is 0 Å². The van der Waals surface area contributed by atoms with E-state index < -0.39 is 0 Å². The van der Waals surface area contributed by atoms with Crippen molar-refractivity contribution >= 4 is 0 Å². The zero-order valence-electron chi connectivity index (χ0n) is 9.88. The monoisotopic (exact) mass is 199 g/mol. The van der Waals surface area contributed by atoms with E-state index >= 15 is 0 Å². The summed E-state index contributed by atoms with van der Waals surface area (Å²) in [5.74, 6) is 1.63. The Bertz CT molecular complexity index is 141. The van der Waals surface area contributed by atoms with E-state index in [-0.39, 0.29) is 0 Å². The molecule has 1 aliphatic heterocycles. The van der Waals surface area contributed by atoms with E-state index in [0.717, 1.165) is 24.5 Å². The molecule has 1 heterocycles. The third-order valence-electron chi connectivity index (χ3n) is 3.36. The zero-order chi connectivity index (χ0) is 10.4. The molecule has 0 saturated carbocycles. The molecule has 0 aromatic carbocycles. The standard InChI is InChI=1S/C12H25NO/c1-10(2)11(6-5-9-14-3)12-7-4-8-13-12/h10-13H,4-9H2,1-3H3. The Morgan fingerprint density at radius 1 is 1.43 bits per heavy atom. The lowest BCUT2D eigenvalue weighted by Crippen LogP contribution is -2.33. The fourth-order valence-electron chi connectivity index (χ4n) is 2.54. The van der Waals surface area contributed by atoms with Gasteiger partial charge in [0, 0.05) is 19.8 Å². The molecule has 0 aromatic heterocycles. The van der Waals surface area contributed by atoms with Crippen LogP contribution in [0.1, 0.15) is 39.5 Å². The molecule has 1 saturated heterocycles. The molecular formula is C12H25NO. The van der Waals surface area contributed by atoms with Crippen LogP contribution in [0.2, 0.25) is 0 Å². The second kappa shape index (κ2) is 6.41. The maximum atomic E-state index is 5.11. The Balaban J connectivity index is 2.30. The van der Waals surface area contributed by atoms with E-state index in [1.165, 1.54) is 32.2 Å². The first-order valence-corrected chi connectivity index (χ1v) is 5.98. The van der Waals surface area contributed by atoms with Crippen molar-refractivity contribution in [2.45, 2.75) is 45.6 Å². The lowest BCUT2D eigenvalue weighted by Gasteiger charge is -2.27. The largest absolute Gasteiger partial charge is 0.385 e. The minimum absolute atomic E-state index is 0.770. The van der Waals surface area contributed by atoms with Gasteiger partial charge in [0.1, 0.15) is 0 Å². The molecule has 1 fully saturated rings. The Labute approximate surface area is 88.4 Å². The van der Waals surface area contributed by atoms with Crippen molar-refractivity contribution in [1.29, 1.82) is 0 Å². The summed E-state index contributed by atoms with van der Waals surface area (Å²) in [6.07, 6.45) is 5.24. The van der Waals surface area contributed by atoms with Crippen LogP contribution in [0.5, 0.6) is 0 Å². The molecule has 0 aromatic rings. The molecule has 0 bridgehead atoms. The Morgan fingerprint density at radius 2 is 2.21 bits per heavy atom. The average Bonchev–Trinajstić information content (AvgIpc) is 2.64. The van der Waals surface area contributed by atoms with E-state index in [4.69, 9.17) is 4.74 Å². The summed E-state index contributed by atoms with van der Waals surface area (Å²) in [7, 11) is 1.79. The molecular weight excluding hydrogens is 174 g/mol.